The van der Waals surface area contributed by atoms with Gasteiger partial charge < -0.3 is 19.5 Å². The van der Waals surface area contributed by atoms with Crippen LogP contribution in [0.4, 0.5) is 0 Å². The molecule has 2 N–H and O–H groups in total. The molecule has 1 saturated heterocycles. The Balaban J connectivity index is 1.29. The van der Waals surface area contributed by atoms with Crippen molar-refractivity contribution < 1.29 is 27.8 Å². The van der Waals surface area contributed by atoms with E-state index in [0.29, 0.717) is 11.7 Å². The number of hydrogen-bond acceptors (Lipinski definition) is 6. The first-order valence-electron chi connectivity index (χ1n) is 12.3. The van der Waals surface area contributed by atoms with Gasteiger partial charge in [0, 0.05) is 13.1 Å². The van der Waals surface area contributed by atoms with Gasteiger partial charge in [0.2, 0.25) is 15.9 Å². The van der Waals surface area contributed by atoms with Gasteiger partial charge in [-0.25, -0.2) is 13.1 Å². The van der Waals surface area contributed by atoms with Gasteiger partial charge in [-0.15, -0.1) is 0 Å². The molecule has 8 nitrogen and oxygen atoms in total. The van der Waals surface area contributed by atoms with Crippen molar-refractivity contribution >= 4 is 15.9 Å². The number of nitrogens with zero attached hydrogens (tertiary/aromatic N) is 1. The lowest BCUT2D eigenvalue weighted by Crippen LogP contribution is -2.49. The van der Waals surface area contributed by atoms with Crippen molar-refractivity contribution in [3.8, 4) is 5.75 Å². The highest BCUT2D eigenvalue weighted by atomic mass is 32.2. The van der Waals surface area contributed by atoms with Crippen molar-refractivity contribution in [2.75, 3.05) is 26.8 Å². The van der Waals surface area contributed by atoms with E-state index >= 15 is 0 Å². The van der Waals surface area contributed by atoms with Crippen LogP contribution < -0.4 is 9.46 Å². The van der Waals surface area contributed by atoms with Gasteiger partial charge in [-0.2, -0.15) is 0 Å². The van der Waals surface area contributed by atoms with Gasteiger partial charge in [-0.1, -0.05) is 42.5 Å². The van der Waals surface area contributed by atoms with E-state index in [9.17, 15) is 18.3 Å². The molecule has 2 aromatic carbocycles. The molecular formula is C27H34N2O6S. The summed E-state index contributed by atoms with van der Waals surface area (Å²) >= 11 is 0. The molecule has 9 heteroatoms. The normalized spacial score (nSPS) is 22.9. The maximum Gasteiger partial charge on any atom is 0.241 e. The lowest BCUT2D eigenvalue weighted by molar-refractivity contribution is -0.136. The van der Waals surface area contributed by atoms with E-state index in [1.807, 2.05) is 11.0 Å². The zero-order chi connectivity index (χ0) is 25.5. The summed E-state index contributed by atoms with van der Waals surface area (Å²) in [4.78, 5) is 14.9. The molecule has 3 atom stereocenters. The molecule has 0 spiro atoms. The molecule has 0 aromatic heterocycles. The van der Waals surface area contributed by atoms with Crippen molar-refractivity contribution in [2.24, 2.45) is 5.92 Å². The Hall–Kier alpha value is -2.72. The van der Waals surface area contributed by atoms with Crippen molar-refractivity contribution in [2.45, 2.75) is 48.8 Å². The molecule has 1 amide bonds. The summed E-state index contributed by atoms with van der Waals surface area (Å²) in [7, 11) is -2.33. The van der Waals surface area contributed by atoms with Gasteiger partial charge in [0.1, 0.15) is 11.9 Å². The van der Waals surface area contributed by atoms with Crippen LogP contribution in [-0.4, -0.2) is 69.4 Å². The highest BCUT2D eigenvalue weighted by Gasteiger charge is 2.32. The van der Waals surface area contributed by atoms with E-state index in [2.05, 4.69) is 29.0 Å². The van der Waals surface area contributed by atoms with Crippen molar-refractivity contribution in [3.63, 3.8) is 0 Å². The molecule has 2 aliphatic heterocycles. The zero-order valence-corrected chi connectivity index (χ0v) is 21.3. The second-order valence-electron chi connectivity index (χ2n) is 9.32. The first-order chi connectivity index (χ1) is 17.4. The van der Waals surface area contributed by atoms with Crippen LogP contribution in [0.1, 0.15) is 24.8 Å². The van der Waals surface area contributed by atoms with Crippen LogP contribution in [0.5, 0.6) is 5.75 Å². The quantitative estimate of drug-likeness (QED) is 0.499. The van der Waals surface area contributed by atoms with E-state index in [1.54, 1.807) is 24.3 Å². The maximum atomic E-state index is 12.9. The standard InChI is InChI=1S/C27H34N2O6S/c1-34-22-7-10-24(11-8-22)36(32,33)28-25-12-9-23(35-26(25)19-30)18-27(31)29-15-13-21(14-16-29)17-20-5-3-2-4-6-20/h2-12,21,23,25-26,28,30H,13-19H2,1H3/t23-,25+,26-/m1/s1. The number of likely N-dealkylation sites (tertiary alicyclic amines) is 1. The summed E-state index contributed by atoms with van der Waals surface area (Å²) in [6.45, 7) is 1.07. The van der Waals surface area contributed by atoms with Crippen LogP contribution >= 0.6 is 0 Å². The SMILES string of the molecule is COc1ccc(S(=O)(=O)N[C@H]2C=C[C@H](CC(=O)N3CCC(Cc4ccccc4)CC3)O[C@@H]2CO)cc1. The molecule has 36 heavy (non-hydrogen) atoms. The minimum Gasteiger partial charge on any atom is -0.497 e. The highest BCUT2D eigenvalue weighted by Crippen LogP contribution is 2.24. The molecule has 194 valence electrons. The number of hydrogen-bond donors (Lipinski definition) is 2. The third-order valence-corrected chi connectivity index (χ3v) is 8.31. The van der Waals surface area contributed by atoms with Crippen molar-refractivity contribution in [1.82, 2.24) is 9.62 Å². The van der Waals surface area contributed by atoms with Gasteiger partial charge in [-0.05, 0) is 55.0 Å². The molecule has 1 fully saturated rings. The van der Waals surface area contributed by atoms with E-state index in [0.717, 1.165) is 32.4 Å². The van der Waals surface area contributed by atoms with Crippen LogP contribution in [0.25, 0.3) is 0 Å². The fourth-order valence-corrected chi connectivity index (χ4v) is 5.97. The van der Waals surface area contributed by atoms with Crippen LogP contribution in [-0.2, 0) is 26.0 Å². The second-order valence-corrected chi connectivity index (χ2v) is 11.0. The number of amides is 1. The Morgan fingerprint density at radius 1 is 1.08 bits per heavy atom. The van der Waals surface area contributed by atoms with Crippen molar-refractivity contribution in [1.29, 1.82) is 0 Å². The van der Waals surface area contributed by atoms with Crippen LogP contribution in [0, 0.1) is 5.92 Å². The molecule has 0 radical (unpaired) electrons. The lowest BCUT2D eigenvalue weighted by Gasteiger charge is -2.35. The van der Waals surface area contributed by atoms with Crippen molar-refractivity contribution in [3.05, 3.63) is 72.3 Å². The van der Waals surface area contributed by atoms with Gasteiger partial charge in [0.05, 0.1) is 37.2 Å². The van der Waals surface area contributed by atoms with Gasteiger partial charge in [0.15, 0.2) is 0 Å². The topological polar surface area (TPSA) is 105 Å². The summed E-state index contributed by atoms with van der Waals surface area (Å²) in [6, 6.07) is 15.7. The second kappa shape index (κ2) is 12.0. The number of benzene rings is 2. The smallest absolute Gasteiger partial charge is 0.241 e. The summed E-state index contributed by atoms with van der Waals surface area (Å²) < 4.78 is 39.1. The van der Waals surface area contributed by atoms with E-state index in [-0.39, 0.29) is 23.8 Å². The van der Waals surface area contributed by atoms with E-state index < -0.39 is 28.3 Å². The number of nitrogens with one attached hydrogen (secondary N) is 1. The van der Waals surface area contributed by atoms with Gasteiger partial charge in [0.25, 0.3) is 0 Å². The summed E-state index contributed by atoms with van der Waals surface area (Å²) in [5.41, 5.74) is 1.33. The average molecular weight is 515 g/mol. The monoisotopic (exact) mass is 514 g/mol. The Morgan fingerprint density at radius 2 is 1.78 bits per heavy atom. The average Bonchev–Trinajstić information content (AvgIpc) is 2.90. The third kappa shape index (κ3) is 6.73. The predicted molar refractivity (Wildman–Crippen MR) is 136 cm³/mol. The number of aliphatic hydroxyl groups excluding tert-OH is 1. The molecule has 2 aliphatic rings. The Kier molecular flexibility index (Phi) is 8.79. The maximum absolute atomic E-state index is 12.9. The number of methoxy groups -OCH3 is 1. The van der Waals surface area contributed by atoms with Gasteiger partial charge in [-0.3, -0.25) is 4.79 Å². The first-order valence-corrected chi connectivity index (χ1v) is 13.8. The summed E-state index contributed by atoms with van der Waals surface area (Å²) in [5, 5.41) is 9.84. The first kappa shape index (κ1) is 26.3. The Bertz CT molecular complexity index is 1130. The molecular weight excluding hydrogens is 480 g/mol. The van der Waals surface area contributed by atoms with Crippen LogP contribution in [0.15, 0.2) is 71.6 Å². The number of carbonyl (C=O) groups excluding carboxylic acids is 1. The molecule has 0 bridgehead atoms. The Morgan fingerprint density at radius 3 is 2.42 bits per heavy atom. The highest BCUT2D eigenvalue weighted by molar-refractivity contribution is 7.89. The minimum absolute atomic E-state index is 0.0109. The predicted octanol–water partition coefficient (Wildman–Crippen LogP) is 2.53. The zero-order valence-electron chi connectivity index (χ0n) is 20.5. The molecule has 4 rings (SSSR count). The largest absolute Gasteiger partial charge is 0.497 e. The van der Waals surface area contributed by atoms with E-state index in [1.165, 1.54) is 24.8 Å². The summed E-state index contributed by atoms with van der Waals surface area (Å²) in [6.07, 6.45) is 5.18. The molecule has 2 aromatic rings. The number of ether oxygens (including phenoxy) is 2. The fraction of sp³-hybridized carbons (Fsp3) is 0.444. The Labute approximate surface area is 213 Å². The molecule has 0 unspecified atom stereocenters. The van der Waals surface area contributed by atoms with Crippen LogP contribution in [0.2, 0.25) is 0 Å². The number of carbonyl (C=O) groups is 1. The number of rotatable bonds is 9. The summed E-state index contributed by atoms with van der Waals surface area (Å²) in [5.74, 6) is 1.13. The van der Waals surface area contributed by atoms with E-state index in [4.69, 9.17) is 9.47 Å². The number of aliphatic hydroxyl groups is 1. The molecule has 2 heterocycles. The van der Waals surface area contributed by atoms with Crippen LogP contribution in [0.3, 0.4) is 0 Å². The fourth-order valence-electron chi connectivity index (χ4n) is 4.75. The molecule has 0 saturated carbocycles. The minimum atomic E-state index is -3.84. The lowest BCUT2D eigenvalue weighted by atomic mass is 9.90. The number of piperidine rings is 1. The number of sulfonamides is 1. The molecule has 0 aliphatic carbocycles. The third-order valence-electron chi connectivity index (χ3n) is 6.83. The van der Waals surface area contributed by atoms with Gasteiger partial charge >= 0.3 is 0 Å².